The van der Waals surface area contributed by atoms with Crippen LogP contribution in [0.4, 0.5) is 0 Å². The fourth-order valence-electron chi connectivity index (χ4n) is 4.25. The maximum absolute atomic E-state index is 13.1. The minimum Gasteiger partial charge on any atom is -0.341 e. The topological polar surface area (TPSA) is 54.3 Å². The number of hydrogen-bond donors (Lipinski definition) is 0. The van der Waals surface area contributed by atoms with E-state index >= 15 is 0 Å². The number of aromatic nitrogens is 3. The summed E-state index contributed by atoms with van der Waals surface area (Å²) in [6.45, 7) is 13.5. The van der Waals surface area contributed by atoms with Gasteiger partial charge in [0.25, 0.3) is 0 Å². The van der Waals surface area contributed by atoms with Crippen LogP contribution in [0, 0.1) is 11.8 Å². The van der Waals surface area contributed by atoms with Crippen molar-refractivity contribution in [2.45, 2.75) is 83.3 Å². The zero-order chi connectivity index (χ0) is 20.8. The van der Waals surface area contributed by atoms with Gasteiger partial charge in [0, 0.05) is 19.6 Å². The van der Waals surface area contributed by atoms with Crippen molar-refractivity contribution in [3.63, 3.8) is 0 Å². The molecule has 1 aromatic rings. The van der Waals surface area contributed by atoms with Crippen molar-refractivity contribution in [1.29, 1.82) is 0 Å². The van der Waals surface area contributed by atoms with Gasteiger partial charge in [-0.1, -0.05) is 45.9 Å². The van der Waals surface area contributed by atoms with Crippen molar-refractivity contribution in [3.8, 4) is 0 Å². The molecule has 2 heterocycles. The normalized spacial score (nSPS) is 22.5. The lowest BCUT2D eigenvalue weighted by Gasteiger charge is -2.36. The Balaban J connectivity index is 2.17. The van der Waals surface area contributed by atoms with E-state index in [2.05, 4.69) is 66.4 Å². The molecule has 1 aliphatic heterocycles. The van der Waals surface area contributed by atoms with E-state index in [1.54, 1.807) is 11.8 Å². The van der Waals surface area contributed by atoms with Crippen LogP contribution in [0.2, 0.25) is 0 Å². The van der Waals surface area contributed by atoms with E-state index in [0.717, 1.165) is 49.9 Å². The molecule has 1 saturated heterocycles. The maximum atomic E-state index is 13.1. The highest BCUT2D eigenvalue weighted by atomic mass is 32.2. The first-order valence-corrected chi connectivity index (χ1v) is 11.7. The molecule has 0 aliphatic carbocycles. The molecule has 28 heavy (non-hydrogen) atoms. The van der Waals surface area contributed by atoms with Crippen LogP contribution in [0.3, 0.4) is 0 Å². The molecule has 2 rings (SSSR count). The summed E-state index contributed by atoms with van der Waals surface area (Å²) in [7, 11) is 4.18. The molecule has 0 bridgehead atoms. The molecule has 4 atom stereocenters. The average Bonchev–Trinajstić information content (AvgIpc) is 3.00. The molecule has 0 radical (unpaired) electrons. The second-order valence-corrected chi connectivity index (χ2v) is 9.99. The van der Waals surface area contributed by atoms with Crippen LogP contribution >= 0.6 is 11.8 Å². The Morgan fingerprint density at radius 2 is 1.86 bits per heavy atom. The molecule has 7 heteroatoms. The molecule has 160 valence electrons. The number of thioether (sulfide) groups is 1. The zero-order valence-corrected chi connectivity index (χ0v) is 19.6. The second-order valence-electron chi connectivity index (χ2n) is 8.68. The third-order valence-corrected chi connectivity index (χ3v) is 6.67. The van der Waals surface area contributed by atoms with E-state index in [1.807, 2.05) is 6.92 Å². The Labute approximate surface area is 175 Å². The van der Waals surface area contributed by atoms with E-state index in [4.69, 9.17) is 0 Å². The van der Waals surface area contributed by atoms with E-state index < -0.39 is 0 Å². The van der Waals surface area contributed by atoms with Crippen molar-refractivity contribution in [2.24, 2.45) is 11.8 Å². The molecule has 4 unspecified atom stereocenters. The van der Waals surface area contributed by atoms with Crippen molar-refractivity contribution in [3.05, 3.63) is 5.82 Å². The van der Waals surface area contributed by atoms with Crippen molar-refractivity contribution < 1.29 is 4.79 Å². The lowest BCUT2D eigenvalue weighted by molar-refractivity contribution is -0.132. The molecule has 0 saturated carbocycles. The summed E-state index contributed by atoms with van der Waals surface area (Å²) in [5.74, 6) is 2.41. The number of amides is 1. The van der Waals surface area contributed by atoms with Gasteiger partial charge in [0.15, 0.2) is 11.0 Å². The number of unbranched alkanes of at least 4 members (excludes halogenated alkanes) is 1. The number of carbonyl (C=O) groups excluding carboxylic acids is 1. The summed E-state index contributed by atoms with van der Waals surface area (Å²) in [5, 5.41) is 9.77. The molecule has 1 amide bonds. The van der Waals surface area contributed by atoms with E-state index in [1.165, 1.54) is 6.42 Å². The van der Waals surface area contributed by atoms with Gasteiger partial charge < -0.3 is 9.47 Å². The average molecular weight is 410 g/mol. The first kappa shape index (κ1) is 23.2. The van der Waals surface area contributed by atoms with Gasteiger partial charge in [0.2, 0.25) is 5.91 Å². The van der Waals surface area contributed by atoms with Gasteiger partial charge in [-0.2, -0.15) is 0 Å². The van der Waals surface area contributed by atoms with E-state index in [-0.39, 0.29) is 17.2 Å². The molecular weight excluding hydrogens is 370 g/mol. The SMILES string of the molecule is CCCCn1c(SC(C)C(=O)N2CC(C)CC(C)C2)nnc1C(CC)N(C)C. The van der Waals surface area contributed by atoms with Crippen LogP contribution in [-0.4, -0.2) is 62.9 Å². The first-order chi connectivity index (χ1) is 13.3. The largest absolute Gasteiger partial charge is 0.341 e. The third-order valence-electron chi connectivity index (χ3n) is 5.60. The van der Waals surface area contributed by atoms with Crippen LogP contribution in [0.1, 0.15) is 72.2 Å². The molecule has 0 aromatic carbocycles. The highest BCUT2D eigenvalue weighted by Crippen LogP contribution is 2.30. The first-order valence-electron chi connectivity index (χ1n) is 10.8. The Bertz CT molecular complexity index is 622. The fraction of sp³-hybridized carbons (Fsp3) is 0.857. The standard InChI is InChI=1S/C21H39N5OS/c1-8-10-11-26-19(18(9-2)24(6)7)22-23-21(26)28-17(5)20(27)25-13-15(3)12-16(4)14-25/h15-18H,8-14H2,1-7H3. The summed E-state index contributed by atoms with van der Waals surface area (Å²) >= 11 is 1.56. The number of nitrogens with zero attached hydrogens (tertiary/aromatic N) is 5. The lowest BCUT2D eigenvalue weighted by Crippen LogP contribution is -2.45. The van der Waals surface area contributed by atoms with Crippen LogP contribution in [0.25, 0.3) is 0 Å². The van der Waals surface area contributed by atoms with E-state index in [0.29, 0.717) is 11.8 Å². The number of likely N-dealkylation sites (tertiary alicyclic amines) is 1. The van der Waals surface area contributed by atoms with Gasteiger partial charge in [-0.05, 0) is 52.1 Å². The summed E-state index contributed by atoms with van der Waals surface area (Å²) in [4.78, 5) is 17.3. The third kappa shape index (κ3) is 5.72. The molecule has 1 aliphatic rings. The molecule has 0 spiro atoms. The number of hydrogen-bond acceptors (Lipinski definition) is 5. The van der Waals surface area contributed by atoms with Gasteiger partial charge in [-0.3, -0.25) is 9.69 Å². The van der Waals surface area contributed by atoms with Crippen LogP contribution < -0.4 is 0 Å². The van der Waals surface area contributed by atoms with Crippen molar-refractivity contribution >= 4 is 17.7 Å². The predicted octanol–water partition coefficient (Wildman–Crippen LogP) is 4.08. The zero-order valence-electron chi connectivity index (χ0n) is 18.8. The lowest BCUT2D eigenvalue weighted by atomic mass is 9.92. The van der Waals surface area contributed by atoms with Gasteiger partial charge >= 0.3 is 0 Å². The molecule has 6 nitrogen and oxygen atoms in total. The Hall–Kier alpha value is -1.08. The number of rotatable bonds is 9. The Kier molecular flexibility index (Phi) is 8.81. The van der Waals surface area contributed by atoms with Gasteiger partial charge in [0.1, 0.15) is 0 Å². The summed E-state index contributed by atoms with van der Waals surface area (Å²) in [6, 6.07) is 0.244. The van der Waals surface area contributed by atoms with Crippen molar-refractivity contribution in [2.75, 3.05) is 27.2 Å². The fourth-order valence-corrected chi connectivity index (χ4v) is 5.21. The van der Waals surface area contributed by atoms with Gasteiger partial charge in [0.05, 0.1) is 11.3 Å². The summed E-state index contributed by atoms with van der Waals surface area (Å²) in [6.07, 6.45) is 4.41. The quantitative estimate of drug-likeness (QED) is 0.575. The van der Waals surface area contributed by atoms with Crippen LogP contribution in [-0.2, 0) is 11.3 Å². The maximum Gasteiger partial charge on any atom is 0.235 e. The molecular formula is C21H39N5OS. The minimum absolute atomic E-state index is 0.144. The monoisotopic (exact) mass is 409 g/mol. The summed E-state index contributed by atoms with van der Waals surface area (Å²) < 4.78 is 2.24. The molecule has 0 N–H and O–H groups in total. The Morgan fingerprint density at radius 1 is 1.21 bits per heavy atom. The summed E-state index contributed by atoms with van der Waals surface area (Å²) in [5.41, 5.74) is 0. The number of carbonyl (C=O) groups is 1. The minimum atomic E-state index is -0.144. The van der Waals surface area contributed by atoms with Crippen molar-refractivity contribution in [1.82, 2.24) is 24.6 Å². The smallest absolute Gasteiger partial charge is 0.235 e. The molecule has 1 fully saturated rings. The van der Waals surface area contributed by atoms with Gasteiger partial charge in [-0.25, -0.2) is 0 Å². The van der Waals surface area contributed by atoms with Crippen LogP contribution in [0.15, 0.2) is 5.16 Å². The second kappa shape index (κ2) is 10.6. The molecule has 1 aromatic heterocycles. The van der Waals surface area contributed by atoms with Gasteiger partial charge in [-0.15, -0.1) is 10.2 Å². The van der Waals surface area contributed by atoms with Crippen LogP contribution in [0.5, 0.6) is 0 Å². The highest BCUT2D eigenvalue weighted by Gasteiger charge is 2.30. The Morgan fingerprint density at radius 3 is 2.39 bits per heavy atom. The number of piperidine rings is 1. The van der Waals surface area contributed by atoms with E-state index in [9.17, 15) is 4.79 Å². The predicted molar refractivity (Wildman–Crippen MR) is 116 cm³/mol. The highest BCUT2D eigenvalue weighted by molar-refractivity contribution is 8.00.